The lowest BCUT2D eigenvalue weighted by Crippen LogP contribution is -2.48. The van der Waals surface area contributed by atoms with Crippen LogP contribution >= 0.6 is 0 Å². The molecule has 0 radical (unpaired) electrons. The van der Waals surface area contributed by atoms with Gasteiger partial charge in [-0.25, -0.2) is 0 Å². The predicted molar refractivity (Wildman–Crippen MR) is 91.1 cm³/mol. The summed E-state index contributed by atoms with van der Waals surface area (Å²) in [6.45, 7) is -5.20. The van der Waals surface area contributed by atoms with E-state index in [1.165, 1.54) is 14.2 Å². The molecule has 0 bridgehead atoms. The summed E-state index contributed by atoms with van der Waals surface area (Å²) in [5.41, 5.74) is 0.221. The van der Waals surface area contributed by atoms with Crippen molar-refractivity contribution in [2.75, 3.05) is 27.3 Å². The van der Waals surface area contributed by atoms with Crippen molar-refractivity contribution in [3.8, 4) is 11.5 Å². The molecule has 0 amide bonds. The fraction of sp³-hybridized carbons (Fsp3) is 0.684. The number of hydrogen-bond donors (Lipinski definition) is 1. The molecule has 0 aliphatic carbocycles. The van der Waals surface area contributed by atoms with E-state index >= 15 is 0 Å². The highest BCUT2D eigenvalue weighted by atomic mass is 16.5. The summed E-state index contributed by atoms with van der Waals surface area (Å²) in [4.78, 5) is 0.997. The highest BCUT2D eigenvalue weighted by Gasteiger charge is 2.38. The SMILES string of the molecule is [2H]c1c2c(c([2H])c(OC)c1OC)C1([2H])CC(O)C(C([2H])([2H])C([2H])(C)C([2H])([2H])[2H])C([2H])([2H])N1CC2. The van der Waals surface area contributed by atoms with E-state index < -0.39 is 50.1 Å². The van der Waals surface area contributed by atoms with E-state index in [-0.39, 0.29) is 47.7 Å². The van der Waals surface area contributed by atoms with Gasteiger partial charge in [-0.1, -0.05) is 13.8 Å². The molecule has 23 heavy (non-hydrogen) atoms. The lowest BCUT2D eigenvalue weighted by Gasteiger charge is -2.46. The Labute approximate surface area is 154 Å². The first-order valence-corrected chi connectivity index (χ1v) is 7.52. The van der Waals surface area contributed by atoms with Gasteiger partial charge >= 0.3 is 0 Å². The summed E-state index contributed by atoms with van der Waals surface area (Å²) in [7, 11) is 2.58. The summed E-state index contributed by atoms with van der Waals surface area (Å²) in [5, 5.41) is 11.0. The Morgan fingerprint density at radius 2 is 2.30 bits per heavy atom. The first-order valence-electron chi connectivity index (χ1n) is 13.0. The van der Waals surface area contributed by atoms with Crippen molar-refractivity contribution >= 4 is 0 Å². The van der Waals surface area contributed by atoms with Crippen LogP contribution in [0.3, 0.4) is 0 Å². The van der Waals surface area contributed by atoms with Crippen molar-refractivity contribution in [3.63, 3.8) is 0 Å². The van der Waals surface area contributed by atoms with Crippen LogP contribution in [-0.4, -0.2) is 43.4 Å². The Kier molecular flexibility index (Phi) is 2.26. The number of methoxy groups -OCH3 is 2. The molecule has 1 aromatic carbocycles. The molecule has 4 atom stereocenters. The molecule has 1 fully saturated rings. The van der Waals surface area contributed by atoms with Crippen LogP contribution < -0.4 is 9.47 Å². The molecular formula is C19H29NO3. The third kappa shape index (κ3) is 3.20. The Bertz CT molecular complexity index is 981. The number of hydrogen-bond acceptors (Lipinski definition) is 4. The van der Waals surface area contributed by atoms with Crippen LogP contribution in [0.15, 0.2) is 12.1 Å². The standard InChI is InChI=1S/C19H29NO3/c1-12(2)7-14-11-20-6-5-13-8-18(22-3)19(23-4)9-15(13)16(20)10-17(14)21/h8-9,12,14,16-17,21H,5-7,10-11H2,1-4H3/i1D3,7D2,8D,9D,11D2,12D,16D. The maximum atomic E-state index is 11.0. The molecule has 4 nitrogen and oxygen atoms in total. The Morgan fingerprint density at radius 1 is 1.57 bits per heavy atom. The molecule has 2 aliphatic rings. The van der Waals surface area contributed by atoms with Gasteiger partial charge in [-0.2, -0.15) is 0 Å². The smallest absolute Gasteiger partial charge is 0.161 e. The Morgan fingerprint density at radius 3 is 3.00 bits per heavy atom. The van der Waals surface area contributed by atoms with E-state index in [4.69, 9.17) is 23.2 Å². The lowest BCUT2D eigenvalue weighted by molar-refractivity contribution is -0.0191. The zero-order valence-corrected chi connectivity index (χ0v) is 13.5. The monoisotopic (exact) mass is 330 g/mol. The number of benzene rings is 1. The molecule has 0 aromatic heterocycles. The van der Waals surface area contributed by atoms with Gasteiger partial charge in [0.1, 0.15) is 0 Å². The summed E-state index contributed by atoms with van der Waals surface area (Å²) in [6, 6.07) is -2.50. The van der Waals surface area contributed by atoms with E-state index in [1.807, 2.05) is 0 Å². The molecule has 1 aromatic rings. The van der Waals surface area contributed by atoms with Gasteiger partial charge in [0.15, 0.2) is 11.5 Å². The topological polar surface area (TPSA) is 41.9 Å². The summed E-state index contributed by atoms with van der Waals surface area (Å²) in [5.74, 6) is -4.86. The van der Waals surface area contributed by atoms with Crippen molar-refractivity contribution in [1.29, 1.82) is 0 Å². The minimum absolute atomic E-state index is 0.000437. The minimum Gasteiger partial charge on any atom is -0.493 e. The van der Waals surface area contributed by atoms with E-state index in [2.05, 4.69) is 0 Å². The van der Waals surface area contributed by atoms with Gasteiger partial charge in [0.2, 0.25) is 0 Å². The zero-order chi connectivity index (χ0) is 26.2. The summed E-state index contributed by atoms with van der Waals surface area (Å²) < 4.78 is 103. The van der Waals surface area contributed by atoms with Crippen molar-refractivity contribution in [2.45, 2.75) is 45.1 Å². The van der Waals surface area contributed by atoms with Crippen LogP contribution in [0.1, 0.15) is 58.8 Å². The van der Waals surface area contributed by atoms with Gasteiger partial charge in [-0.15, -0.1) is 0 Å². The third-order valence-electron chi connectivity index (χ3n) is 4.07. The van der Waals surface area contributed by atoms with E-state index in [0.29, 0.717) is 0 Å². The highest BCUT2D eigenvalue weighted by Crippen LogP contribution is 2.43. The number of piperidine rings is 1. The average molecular weight is 331 g/mol. The summed E-state index contributed by atoms with van der Waals surface area (Å²) >= 11 is 0. The number of rotatable bonds is 4. The molecule has 0 spiro atoms. The fourth-order valence-corrected chi connectivity index (χ4v) is 3.00. The Hall–Kier alpha value is -1.26. The molecule has 4 unspecified atom stereocenters. The van der Waals surface area contributed by atoms with Crippen LogP contribution in [0.25, 0.3) is 0 Å². The van der Waals surface area contributed by atoms with Gasteiger partial charge in [0.25, 0.3) is 0 Å². The summed E-state index contributed by atoms with van der Waals surface area (Å²) in [6.07, 6.45) is -5.42. The van der Waals surface area contributed by atoms with Crippen molar-refractivity contribution in [2.24, 2.45) is 11.8 Å². The van der Waals surface area contributed by atoms with Gasteiger partial charge in [-0.3, -0.25) is 4.90 Å². The molecule has 3 rings (SSSR count). The maximum Gasteiger partial charge on any atom is 0.161 e. The molecule has 0 saturated carbocycles. The molecule has 128 valence electrons. The molecule has 1 N–H and O–H groups in total. The van der Waals surface area contributed by atoms with Crippen LogP contribution in [-0.2, 0) is 6.42 Å². The number of nitrogens with zero attached hydrogens (tertiary/aromatic N) is 1. The second-order valence-electron chi connectivity index (χ2n) is 5.67. The van der Waals surface area contributed by atoms with E-state index in [0.717, 1.165) is 11.8 Å². The zero-order valence-electron chi connectivity index (χ0n) is 24.5. The number of ether oxygens (including phenoxy) is 2. The van der Waals surface area contributed by atoms with Gasteiger partial charge < -0.3 is 14.6 Å². The number of fused-ring (bicyclic) bond motifs is 3. The highest BCUT2D eigenvalue weighted by molar-refractivity contribution is 5.49. The number of aliphatic hydroxyl groups excluding tert-OH is 1. The predicted octanol–water partition coefficient (Wildman–Crippen LogP) is 3.03. The molecule has 2 aliphatic heterocycles. The van der Waals surface area contributed by atoms with Crippen LogP contribution in [0.5, 0.6) is 11.5 Å². The second-order valence-corrected chi connectivity index (χ2v) is 5.67. The fourth-order valence-electron chi connectivity index (χ4n) is 3.00. The van der Waals surface area contributed by atoms with Gasteiger partial charge in [0.05, 0.1) is 24.4 Å². The van der Waals surface area contributed by atoms with Crippen molar-refractivity contribution < 1.29 is 29.7 Å². The second kappa shape index (κ2) is 6.70. The van der Waals surface area contributed by atoms with Crippen LogP contribution in [0, 0.1) is 11.8 Å². The van der Waals surface area contributed by atoms with Crippen LogP contribution in [0.2, 0.25) is 0 Å². The molecule has 2 heterocycles. The largest absolute Gasteiger partial charge is 0.493 e. The molecule has 1 saturated heterocycles. The number of aliphatic hydroxyl groups is 1. The Balaban J connectivity index is 2.22. The lowest BCUT2D eigenvalue weighted by atomic mass is 9.79. The minimum atomic E-state index is -3.12. The third-order valence-corrected chi connectivity index (χ3v) is 4.07. The maximum absolute atomic E-state index is 11.0. The molecular weight excluding hydrogens is 290 g/mol. The first kappa shape index (κ1) is 7.75. The first-order chi connectivity index (χ1) is 15.3. The molecule has 4 heteroatoms. The van der Waals surface area contributed by atoms with Crippen molar-refractivity contribution in [3.05, 3.63) is 23.2 Å². The van der Waals surface area contributed by atoms with E-state index in [1.54, 1.807) is 0 Å². The quantitative estimate of drug-likeness (QED) is 0.921. The van der Waals surface area contributed by atoms with Gasteiger partial charge in [-0.05, 0) is 54.2 Å². The normalized spacial score (nSPS) is 43.6. The van der Waals surface area contributed by atoms with E-state index in [9.17, 15) is 6.48 Å². The van der Waals surface area contributed by atoms with Gasteiger partial charge in [0, 0.05) is 30.0 Å². The van der Waals surface area contributed by atoms with Crippen molar-refractivity contribution in [1.82, 2.24) is 4.90 Å². The van der Waals surface area contributed by atoms with Crippen LogP contribution in [0.4, 0.5) is 0 Å². The average Bonchev–Trinajstić information content (AvgIpc) is 2.67.